The van der Waals surface area contributed by atoms with Crippen molar-refractivity contribution in [2.45, 2.75) is 18.4 Å². The molecule has 2 aromatic carbocycles. The van der Waals surface area contributed by atoms with Gasteiger partial charge in [-0.15, -0.1) is 5.06 Å². The lowest BCUT2D eigenvalue weighted by Gasteiger charge is -2.35. The van der Waals surface area contributed by atoms with Crippen LogP contribution in [0.4, 0.5) is 10.5 Å². The van der Waals surface area contributed by atoms with E-state index in [-0.39, 0.29) is 0 Å². The number of nitrogens with one attached hydrogen (secondary N) is 2. The van der Waals surface area contributed by atoms with E-state index in [0.29, 0.717) is 37.4 Å². The van der Waals surface area contributed by atoms with Crippen molar-refractivity contribution >= 4 is 17.5 Å². The van der Waals surface area contributed by atoms with Crippen LogP contribution in [0.3, 0.4) is 0 Å². The smallest absolute Gasteiger partial charge is 0.430 e. The summed E-state index contributed by atoms with van der Waals surface area (Å²) >= 11 is 0. The predicted molar refractivity (Wildman–Crippen MR) is 112 cm³/mol. The Hall–Kier alpha value is -3.23. The van der Waals surface area contributed by atoms with Gasteiger partial charge in [0, 0.05) is 18.7 Å². The molecule has 8 heteroatoms. The normalized spacial score (nSPS) is 17.7. The molecule has 2 aliphatic rings. The summed E-state index contributed by atoms with van der Waals surface area (Å²) in [7, 11) is 3.20. The molecule has 1 amide bonds. The second-order valence-corrected chi connectivity index (χ2v) is 7.19. The van der Waals surface area contributed by atoms with Gasteiger partial charge in [0.25, 0.3) is 0 Å². The highest BCUT2D eigenvalue weighted by molar-refractivity contribution is 5.86. The van der Waals surface area contributed by atoms with E-state index in [4.69, 9.17) is 19.1 Å². The topological polar surface area (TPSA) is 81.3 Å². The van der Waals surface area contributed by atoms with Gasteiger partial charge < -0.3 is 14.3 Å². The molecule has 0 unspecified atom stereocenters. The van der Waals surface area contributed by atoms with Gasteiger partial charge in [0.15, 0.2) is 0 Å². The number of methoxy groups -OCH3 is 2. The number of benzene rings is 2. The van der Waals surface area contributed by atoms with E-state index in [1.807, 2.05) is 36.4 Å². The number of rotatable bonds is 5. The molecule has 1 saturated heterocycles. The van der Waals surface area contributed by atoms with Crippen LogP contribution >= 0.6 is 0 Å². The fraction of sp³-hybridized carbons (Fsp3) is 0.318. The van der Waals surface area contributed by atoms with Crippen molar-refractivity contribution in [1.29, 1.82) is 0 Å². The van der Waals surface area contributed by atoms with E-state index >= 15 is 0 Å². The minimum Gasteiger partial charge on any atom is -0.497 e. The SMILES string of the molecule is COc1cccc(C2=CC3(CCN(OC(=O)Nc4ccccc4OC)CC3)ON2)c1. The minimum absolute atomic E-state index is 0.419. The number of nitrogens with zero attached hydrogens (tertiary/aromatic N) is 1. The summed E-state index contributed by atoms with van der Waals surface area (Å²) in [6.45, 7) is 1.12. The first kappa shape index (κ1) is 20.1. The van der Waals surface area contributed by atoms with Crippen molar-refractivity contribution in [3.05, 3.63) is 60.2 Å². The number of hydrogen-bond donors (Lipinski definition) is 2. The molecule has 2 aromatic rings. The first-order chi connectivity index (χ1) is 14.6. The molecule has 1 fully saturated rings. The molecule has 0 saturated carbocycles. The van der Waals surface area contributed by atoms with Gasteiger partial charge in [-0.25, -0.2) is 4.79 Å². The van der Waals surface area contributed by atoms with Gasteiger partial charge in [-0.05, 0) is 43.2 Å². The number of para-hydroxylation sites is 2. The molecule has 8 nitrogen and oxygen atoms in total. The lowest BCUT2D eigenvalue weighted by Crippen LogP contribution is -2.45. The summed E-state index contributed by atoms with van der Waals surface area (Å²) in [4.78, 5) is 23.6. The third-order valence-electron chi connectivity index (χ3n) is 5.28. The second kappa shape index (κ2) is 8.64. The van der Waals surface area contributed by atoms with E-state index in [2.05, 4.69) is 16.9 Å². The Morgan fingerprint density at radius 1 is 1.10 bits per heavy atom. The molecule has 1 spiro atoms. The van der Waals surface area contributed by atoms with Crippen molar-refractivity contribution in [1.82, 2.24) is 10.5 Å². The molecule has 2 aliphatic heterocycles. The van der Waals surface area contributed by atoms with Crippen LogP contribution in [0.2, 0.25) is 0 Å². The Labute approximate surface area is 175 Å². The third kappa shape index (κ3) is 4.34. The molecule has 30 heavy (non-hydrogen) atoms. The van der Waals surface area contributed by atoms with E-state index in [0.717, 1.165) is 17.0 Å². The molecular formula is C22H25N3O5. The van der Waals surface area contributed by atoms with Crippen molar-refractivity contribution in [3.63, 3.8) is 0 Å². The van der Waals surface area contributed by atoms with Crippen LogP contribution in [0.25, 0.3) is 5.70 Å². The maximum Gasteiger partial charge on any atom is 0.430 e. The van der Waals surface area contributed by atoms with E-state index in [1.165, 1.54) is 0 Å². The number of carbonyl (C=O) groups is 1. The number of hydrogen-bond acceptors (Lipinski definition) is 7. The Balaban J connectivity index is 1.33. The van der Waals surface area contributed by atoms with Gasteiger partial charge in [-0.1, -0.05) is 24.3 Å². The summed E-state index contributed by atoms with van der Waals surface area (Å²) in [6.07, 6.45) is 2.94. The Morgan fingerprint density at radius 3 is 2.67 bits per heavy atom. The van der Waals surface area contributed by atoms with Crippen LogP contribution in [0, 0.1) is 0 Å². The van der Waals surface area contributed by atoms with Crippen LogP contribution in [-0.2, 0) is 9.68 Å². The summed E-state index contributed by atoms with van der Waals surface area (Å²) < 4.78 is 10.5. The average Bonchev–Trinajstić information content (AvgIpc) is 3.19. The van der Waals surface area contributed by atoms with Crippen molar-refractivity contribution < 1.29 is 23.9 Å². The van der Waals surface area contributed by atoms with Crippen molar-refractivity contribution in [2.24, 2.45) is 0 Å². The quantitative estimate of drug-likeness (QED) is 0.778. The zero-order chi connectivity index (χ0) is 21.0. The van der Waals surface area contributed by atoms with E-state index in [9.17, 15) is 4.79 Å². The molecule has 0 aromatic heterocycles. The zero-order valence-corrected chi connectivity index (χ0v) is 17.0. The minimum atomic E-state index is -0.548. The van der Waals surface area contributed by atoms with Crippen LogP contribution in [0.15, 0.2) is 54.6 Å². The van der Waals surface area contributed by atoms with Crippen LogP contribution in [0.5, 0.6) is 11.5 Å². The Bertz CT molecular complexity index is 938. The standard InChI is InChI=1S/C22H25N3O5/c1-27-17-7-5-6-16(14-17)19-15-22(30-24-19)10-12-25(13-11-22)29-21(26)23-18-8-3-4-9-20(18)28-2/h3-9,14-15,24H,10-13H2,1-2H3,(H,23,26). The molecule has 158 valence electrons. The number of anilines is 1. The molecule has 0 bridgehead atoms. The second-order valence-electron chi connectivity index (χ2n) is 7.19. The molecule has 2 N–H and O–H groups in total. The van der Waals surface area contributed by atoms with Gasteiger partial charge in [-0.3, -0.25) is 15.6 Å². The molecule has 0 atom stereocenters. The molecule has 0 radical (unpaired) electrons. The molecule has 2 heterocycles. The first-order valence-corrected chi connectivity index (χ1v) is 9.79. The summed E-state index contributed by atoms with van der Waals surface area (Å²) in [5.74, 6) is 1.37. The molecule has 4 rings (SSSR count). The van der Waals surface area contributed by atoms with E-state index < -0.39 is 11.7 Å². The number of ether oxygens (including phenoxy) is 2. The predicted octanol–water partition coefficient (Wildman–Crippen LogP) is 3.58. The summed E-state index contributed by atoms with van der Waals surface area (Å²) in [6, 6.07) is 15.0. The zero-order valence-electron chi connectivity index (χ0n) is 17.0. The molecular weight excluding hydrogens is 386 g/mol. The van der Waals surface area contributed by atoms with Gasteiger partial charge in [0.05, 0.1) is 25.6 Å². The lowest BCUT2D eigenvalue weighted by atomic mass is 9.91. The lowest BCUT2D eigenvalue weighted by molar-refractivity contribution is -0.153. The average molecular weight is 411 g/mol. The van der Waals surface area contributed by atoms with Crippen LogP contribution in [0.1, 0.15) is 18.4 Å². The highest BCUT2D eigenvalue weighted by Crippen LogP contribution is 2.35. The highest BCUT2D eigenvalue weighted by Gasteiger charge is 2.39. The van der Waals surface area contributed by atoms with Crippen molar-refractivity contribution in [2.75, 3.05) is 32.6 Å². The number of hydroxylamine groups is 3. The van der Waals surface area contributed by atoms with E-state index in [1.54, 1.807) is 31.4 Å². The number of piperidine rings is 1. The van der Waals surface area contributed by atoms with Gasteiger partial charge in [0.1, 0.15) is 17.1 Å². The Kier molecular flexibility index (Phi) is 5.78. The fourth-order valence-electron chi connectivity index (χ4n) is 3.61. The fourth-order valence-corrected chi connectivity index (χ4v) is 3.61. The largest absolute Gasteiger partial charge is 0.497 e. The summed E-state index contributed by atoms with van der Waals surface area (Å²) in [5, 5.41) is 4.36. The highest BCUT2D eigenvalue weighted by atomic mass is 16.7. The third-order valence-corrected chi connectivity index (χ3v) is 5.28. The Morgan fingerprint density at radius 2 is 1.90 bits per heavy atom. The monoisotopic (exact) mass is 411 g/mol. The molecule has 0 aliphatic carbocycles. The number of carbonyl (C=O) groups excluding carboxylic acids is 1. The first-order valence-electron chi connectivity index (χ1n) is 9.79. The number of amides is 1. The van der Waals surface area contributed by atoms with Crippen molar-refractivity contribution in [3.8, 4) is 11.5 Å². The van der Waals surface area contributed by atoms with Gasteiger partial charge in [0.2, 0.25) is 0 Å². The van der Waals surface area contributed by atoms with Crippen LogP contribution < -0.4 is 20.3 Å². The van der Waals surface area contributed by atoms with Crippen LogP contribution in [-0.4, -0.2) is 44.1 Å². The summed E-state index contributed by atoms with van der Waals surface area (Å²) in [5.41, 5.74) is 5.10. The maximum absolute atomic E-state index is 12.3. The van der Waals surface area contributed by atoms with Gasteiger partial charge in [-0.2, -0.15) is 0 Å². The van der Waals surface area contributed by atoms with Gasteiger partial charge >= 0.3 is 6.09 Å². The maximum atomic E-state index is 12.3.